The standard InChI is InChI=1S/C15H16BrNO2S/c1-10-7-17(8-11(6-16)19-10)15(18)13-9-20-14-5-3-2-4-12(13)14/h2-5,9-11H,6-8H2,1H3. The van der Waals surface area contributed by atoms with Crippen LogP contribution in [0, 0.1) is 0 Å². The number of rotatable bonds is 2. The summed E-state index contributed by atoms with van der Waals surface area (Å²) in [6.07, 6.45) is 0.160. The minimum absolute atomic E-state index is 0.0765. The predicted octanol–water partition coefficient (Wildman–Crippen LogP) is 3.53. The average molecular weight is 354 g/mol. The molecule has 20 heavy (non-hydrogen) atoms. The number of halogens is 1. The Morgan fingerprint density at radius 3 is 3.05 bits per heavy atom. The fourth-order valence-corrected chi connectivity index (χ4v) is 3.90. The highest BCUT2D eigenvalue weighted by molar-refractivity contribution is 9.09. The number of morpholine rings is 1. The van der Waals surface area contributed by atoms with Gasteiger partial charge in [0, 0.05) is 33.9 Å². The zero-order valence-corrected chi connectivity index (χ0v) is 13.6. The van der Waals surface area contributed by atoms with E-state index in [0.29, 0.717) is 13.1 Å². The SMILES string of the molecule is CC1CN(C(=O)c2csc3ccccc23)CC(CBr)O1. The van der Waals surface area contributed by atoms with Gasteiger partial charge in [0.15, 0.2) is 0 Å². The predicted molar refractivity (Wildman–Crippen MR) is 85.9 cm³/mol. The molecule has 5 heteroatoms. The van der Waals surface area contributed by atoms with E-state index in [1.165, 1.54) is 0 Å². The molecule has 1 aliphatic heterocycles. The first kappa shape index (κ1) is 14.0. The summed E-state index contributed by atoms with van der Waals surface area (Å²) in [7, 11) is 0. The lowest BCUT2D eigenvalue weighted by atomic mass is 10.1. The average Bonchev–Trinajstić information content (AvgIpc) is 2.89. The van der Waals surface area contributed by atoms with Crippen LogP contribution in [0.2, 0.25) is 0 Å². The van der Waals surface area contributed by atoms with E-state index in [0.717, 1.165) is 21.0 Å². The fourth-order valence-electron chi connectivity index (χ4n) is 2.61. The zero-order chi connectivity index (χ0) is 14.1. The Hall–Kier alpha value is -0.910. The van der Waals surface area contributed by atoms with Crippen LogP contribution in [0.25, 0.3) is 10.1 Å². The van der Waals surface area contributed by atoms with Gasteiger partial charge in [-0.25, -0.2) is 0 Å². The molecule has 1 aromatic heterocycles. The number of hydrogen-bond acceptors (Lipinski definition) is 3. The number of fused-ring (bicyclic) bond motifs is 1. The Kier molecular flexibility index (Phi) is 4.10. The Balaban J connectivity index is 1.88. The minimum Gasteiger partial charge on any atom is -0.371 e. The van der Waals surface area contributed by atoms with Crippen LogP contribution in [0.3, 0.4) is 0 Å². The fraction of sp³-hybridized carbons (Fsp3) is 0.400. The third kappa shape index (κ3) is 2.62. The number of carbonyl (C=O) groups is 1. The molecule has 0 spiro atoms. The van der Waals surface area contributed by atoms with Crippen molar-refractivity contribution in [2.75, 3.05) is 18.4 Å². The van der Waals surface area contributed by atoms with Crippen molar-refractivity contribution in [2.45, 2.75) is 19.1 Å². The number of benzene rings is 1. The second-order valence-corrected chi connectivity index (χ2v) is 6.64. The van der Waals surface area contributed by atoms with Gasteiger partial charge in [0.05, 0.1) is 17.8 Å². The quantitative estimate of drug-likeness (QED) is 0.773. The van der Waals surface area contributed by atoms with Gasteiger partial charge in [-0.15, -0.1) is 11.3 Å². The summed E-state index contributed by atoms with van der Waals surface area (Å²) in [6.45, 7) is 3.33. The van der Waals surface area contributed by atoms with Gasteiger partial charge >= 0.3 is 0 Å². The highest BCUT2D eigenvalue weighted by atomic mass is 79.9. The molecule has 3 nitrogen and oxygen atoms in total. The lowest BCUT2D eigenvalue weighted by molar-refractivity contribution is -0.0559. The molecular formula is C15H16BrNO2S. The van der Waals surface area contributed by atoms with E-state index in [-0.39, 0.29) is 18.1 Å². The summed E-state index contributed by atoms with van der Waals surface area (Å²) < 4.78 is 6.94. The molecule has 0 aliphatic carbocycles. The number of alkyl halides is 1. The highest BCUT2D eigenvalue weighted by Gasteiger charge is 2.29. The second-order valence-electron chi connectivity index (χ2n) is 5.08. The normalized spacial score (nSPS) is 23.2. The number of thiophene rings is 1. The third-order valence-corrected chi connectivity index (χ3v) is 5.18. The van der Waals surface area contributed by atoms with Crippen LogP contribution in [0.1, 0.15) is 17.3 Å². The molecule has 2 aromatic rings. The summed E-state index contributed by atoms with van der Waals surface area (Å²) >= 11 is 5.07. The number of ether oxygens (including phenoxy) is 1. The first-order valence-corrected chi connectivity index (χ1v) is 8.66. The molecule has 0 bridgehead atoms. The molecule has 2 heterocycles. The van der Waals surface area contributed by atoms with Crippen molar-refractivity contribution >= 4 is 43.3 Å². The smallest absolute Gasteiger partial charge is 0.255 e. The number of hydrogen-bond donors (Lipinski definition) is 0. The molecule has 0 N–H and O–H groups in total. The molecule has 0 saturated carbocycles. The van der Waals surface area contributed by atoms with E-state index in [2.05, 4.69) is 22.0 Å². The summed E-state index contributed by atoms with van der Waals surface area (Å²) in [5.74, 6) is 0.114. The molecule has 106 valence electrons. The van der Waals surface area contributed by atoms with Gasteiger partial charge in [-0.1, -0.05) is 34.1 Å². The molecule has 2 unspecified atom stereocenters. The molecule has 1 aliphatic rings. The summed E-state index contributed by atoms with van der Waals surface area (Å²) in [5.41, 5.74) is 0.813. The van der Waals surface area contributed by atoms with E-state index in [9.17, 15) is 4.79 Å². The highest BCUT2D eigenvalue weighted by Crippen LogP contribution is 2.27. The topological polar surface area (TPSA) is 29.5 Å². The molecule has 0 radical (unpaired) electrons. The summed E-state index contributed by atoms with van der Waals surface area (Å²) in [6, 6.07) is 8.06. The van der Waals surface area contributed by atoms with Crippen LogP contribution in [0.5, 0.6) is 0 Å². The first-order valence-electron chi connectivity index (χ1n) is 6.66. The van der Waals surface area contributed by atoms with Crippen molar-refractivity contribution in [1.29, 1.82) is 0 Å². The van der Waals surface area contributed by atoms with Crippen LogP contribution in [0.15, 0.2) is 29.6 Å². The minimum atomic E-state index is 0.0765. The summed E-state index contributed by atoms with van der Waals surface area (Å²) in [5, 5.41) is 3.78. The van der Waals surface area contributed by atoms with Crippen LogP contribution in [-0.2, 0) is 4.74 Å². The van der Waals surface area contributed by atoms with Crippen molar-refractivity contribution in [3.05, 3.63) is 35.2 Å². The Morgan fingerprint density at radius 1 is 1.45 bits per heavy atom. The zero-order valence-electron chi connectivity index (χ0n) is 11.2. The van der Waals surface area contributed by atoms with Gasteiger partial charge in [-0.2, -0.15) is 0 Å². The number of nitrogens with zero attached hydrogens (tertiary/aromatic N) is 1. The van der Waals surface area contributed by atoms with Crippen molar-refractivity contribution in [3.8, 4) is 0 Å². The lowest BCUT2D eigenvalue weighted by Gasteiger charge is -2.36. The molecule has 1 fully saturated rings. The molecular weight excluding hydrogens is 338 g/mol. The van der Waals surface area contributed by atoms with Gasteiger partial charge in [0.2, 0.25) is 0 Å². The van der Waals surface area contributed by atoms with Crippen LogP contribution >= 0.6 is 27.3 Å². The Labute approximate surface area is 130 Å². The molecule has 1 saturated heterocycles. The van der Waals surface area contributed by atoms with E-state index in [4.69, 9.17) is 4.74 Å². The molecule has 2 atom stereocenters. The van der Waals surface area contributed by atoms with Crippen molar-refractivity contribution in [1.82, 2.24) is 4.90 Å². The van der Waals surface area contributed by atoms with Crippen molar-refractivity contribution in [3.63, 3.8) is 0 Å². The van der Waals surface area contributed by atoms with Gasteiger partial charge < -0.3 is 9.64 Å². The molecule has 3 rings (SSSR count). The maximum absolute atomic E-state index is 12.7. The number of carbonyl (C=O) groups excluding carboxylic acids is 1. The van der Waals surface area contributed by atoms with Gasteiger partial charge in [0.1, 0.15) is 0 Å². The van der Waals surface area contributed by atoms with Gasteiger partial charge in [-0.05, 0) is 13.0 Å². The maximum Gasteiger partial charge on any atom is 0.255 e. The van der Waals surface area contributed by atoms with Crippen LogP contribution < -0.4 is 0 Å². The van der Waals surface area contributed by atoms with Gasteiger partial charge in [0.25, 0.3) is 5.91 Å². The monoisotopic (exact) mass is 353 g/mol. The molecule has 1 amide bonds. The van der Waals surface area contributed by atoms with Crippen molar-refractivity contribution < 1.29 is 9.53 Å². The van der Waals surface area contributed by atoms with Crippen molar-refractivity contribution in [2.24, 2.45) is 0 Å². The van der Waals surface area contributed by atoms with E-state index in [1.807, 2.05) is 35.4 Å². The summed E-state index contributed by atoms with van der Waals surface area (Å²) in [4.78, 5) is 14.7. The van der Waals surface area contributed by atoms with Crippen LogP contribution in [0.4, 0.5) is 0 Å². The van der Waals surface area contributed by atoms with E-state index < -0.39 is 0 Å². The maximum atomic E-state index is 12.7. The van der Waals surface area contributed by atoms with Crippen LogP contribution in [-0.4, -0.2) is 41.4 Å². The first-order chi connectivity index (χ1) is 9.69. The third-order valence-electron chi connectivity index (χ3n) is 3.50. The number of amides is 1. The Bertz CT molecular complexity index is 627. The van der Waals surface area contributed by atoms with Gasteiger partial charge in [-0.3, -0.25) is 4.79 Å². The lowest BCUT2D eigenvalue weighted by Crippen LogP contribution is -2.49. The van der Waals surface area contributed by atoms with E-state index >= 15 is 0 Å². The van der Waals surface area contributed by atoms with E-state index in [1.54, 1.807) is 11.3 Å². The molecule has 1 aromatic carbocycles. The Morgan fingerprint density at radius 2 is 2.25 bits per heavy atom. The second kappa shape index (κ2) is 5.84. The largest absolute Gasteiger partial charge is 0.371 e.